The Morgan fingerprint density at radius 3 is 2.18 bits per heavy atom. The minimum Gasteiger partial charge on any atom is -0.398 e. The Hall–Kier alpha value is -4.64. The number of rotatable bonds is 15. The zero-order valence-electron chi connectivity index (χ0n) is 28.2. The van der Waals surface area contributed by atoms with Gasteiger partial charge in [0, 0.05) is 28.4 Å². The number of halogens is 1. The van der Waals surface area contributed by atoms with Gasteiger partial charge in [0.1, 0.15) is 5.82 Å². The van der Waals surface area contributed by atoms with Crippen molar-refractivity contribution in [2.75, 3.05) is 0 Å². The maximum Gasteiger partial charge on any atom is 0.123 e. The van der Waals surface area contributed by atoms with E-state index in [0.29, 0.717) is 28.5 Å². The highest BCUT2D eigenvalue weighted by Crippen LogP contribution is 2.30. The van der Waals surface area contributed by atoms with E-state index in [9.17, 15) is 4.39 Å². The average Bonchev–Trinajstić information content (AvgIpc) is 3.59. The van der Waals surface area contributed by atoms with E-state index >= 15 is 0 Å². The lowest BCUT2D eigenvalue weighted by Gasteiger charge is -2.19. The SMILES string of the molecule is C=C/C=C(\C(C)=C(/C)NC(=C)C(=N)C(=C/C(=C)C(/C=C(\C=C)NC(=C)C1CCCC1)=C/C)/C(N)=C\C)c1cccc(F)c1.CC. The summed E-state index contributed by atoms with van der Waals surface area (Å²) in [5.41, 5.74) is 14.3. The summed E-state index contributed by atoms with van der Waals surface area (Å²) >= 11 is 0. The van der Waals surface area contributed by atoms with E-state index in [0.717, 1.165) is 52.2 Å². The topological polar surface area (TPSA) is 73.9 Å². The molecule has 0 radical (unpaired) electrons. The Morgan fingerprint density at radius 2 is 1.64 bits per heavy atom. The summed E-state index contributed by atoms with van der Waals surface area (Å²) in [4.78, 5) is 0. The highest BCUT2D eigenvalue weighted by Gasteiger charge is 2.19. The van der Waals surface area contributed by atoms with Crippen molar-refractivity contribution < 1.29 is 4.39 Å². The van der Waals surface area contributed by atoms with Crippen molar-refractivity contribution in [3.05, 3.63) is 162 Å². The van der Waals surface area contributed by atoms with Crippen LogP contribution in [0.25, 0.3) is 5.57 Å². The molecule has 0 unspecified atom stereocenters. The van der Waals surface area contributed by atoms with Crippen LogP contribution in [0.15, 0.2) is 150 Å². The molecule has 4 nitrogen and oxygen atoms in total. The molecular formula is C40H53FN4. The normalized spacial score (nSPS) is 15.3. The number of nitrogens with one attached hydrogen (secondary N) is 3. The number of hydrogen-bond donors (Lipinski definition) is 4. The second kappa shape index (κ2) is 19.6. The molecule has 0 aromatic heterocycles. The number of hydrogen-bond acceptors (Lipinski definition) is 4. The minimum atomic E-state index is -0.320. The molecular weight excluding hydrogens is 555 g/mol. The van der Waals surface area contributed by atoms with Crippen molar-refractivity contribution in [3.8, 4) is 0 Å². The molecule has 240 valence electrons. The van der Waals surface area contributed by atoms with E-state index < -0.39 is 0 Å². The van der Waals surface area contributed by atoms with E-state index in [1.807, 2.05) is 65.8 Å². The molecule has 0 spiro atoms. The third kappa shape index (κ3) is 11.4. The van der Waals surface area contributed by atoms with Crippen LogP contribution in [0.4, 0.5) is 4.39 Å². The molecule has 1 aromatic carbocycles. The molecule has 5 heteroatoms. The summed E-state index contributed by atoms with van der Waals surface area (Å²) in [7, 11) is 0. The Bertz CT molecular complexity index is 1470. The lowest BCUT2D eigenvalue weighted by Crippen LogP contribution is -2.22. The molecule has 0 amide bonds. The van der Waals surface area contributed by atoms with Crippen molar-refractivity contribution in [2.45, 2.75) is 67.2 Å². The van der Waals surface area contributed by atoms with Crippen LogP contribution in [0, 0.1) is 17.1 Å². The highest BCUT2D eigenvalue weighted by molar-refractivity contribution is 6.12. The molecule has 0 bridgehead atoms. The number of benzene rings is 1. The maximum absolute atomic E-state index is 14.0. The van der Waals surface area contributed by atoms with Crippen LogP contribution >= 0.6 is 0 Å². The molecule has 2 rings (SSSR count). The van der Waals surface area contributed by atoms with Crippen molar-refractivity contribution in [3.63, 3.8) is 0 Å². The fourth-order valence-electron chi connectivity index (χ4n) is 4.91. The summed E-state index contributed by atoms with van der Waals surface area (Å²) < 4.78 is 14.0. The Kier molecular flexibility index (Phi) is 16.7. The second-order valence-electron chi connectivity index (χ2n) is 10.6. The quantitative estimate of drug-likeness (QED) is 0.118. The Labute approximate surface area is 272 Å². The van der Waals surface area contributed by atoms with Crippen LogP contribution in [0.2, 0.25) is 0 Å². The number of allylic oxidation sites excluding steroid dienone is 15. The molecule has 5 N–H and O–H groups in total. The van der Waals surface area contributed by atoms with Crippen molar-refractivity contribution >= 4 is 11.3 Å². The molecule has 0 atom stereocenters. The predicted octanol–water partition coefficient (Wildman–Crippen LogP) is 10.5. The van der Waals surface area contributed by atoms with Crippen molar-refractivity contribution in [1.29, 1.82) is 5.41 Å². The van der Waals surface area contributed by atoms with Gasteiger partial charge in [-0.05, 0) is 105 Å². The minimum absolute atomic E-state index is 0.125. The lowest BCUT2D eigenvalue weighted by atomic mass is 9.96. The molecule has 0 saturated heterocycles. The van der Waals surface area contributed by atoms with Gasteiger partial charge in [-0.15, -0.1) is 0 Å². The molecule has 0 aliphatic heterocycles. The Morgan fingerprint density at radius 1 is 1.00 bits per heavy atom. The summed E-state index contributed by atoms with van der Waals surface area (Å²) in [6, 6.07) is 6.40. The Balaban J connectivity index is 0.00000496. The first-order valence-corrected chi connectivity index (χ1v) is 15.6. The van der Waals surface area contributed by atoms with Gasteiger partial charge in [0.05, 0.1) is 11.4 Å². The molecule has 45 heavy (non-hydrogen) atoms. The first-order valence-electron chi connectivity index (χ1n) is 15.6. The van der Waals surface area contributed by atoms with Gasteiger partial charge in [-0.25, -0.2) is 4.39 Å². The maximum atomic E-state index is 14.0. The predicted molar refractivity (Wildman–Crippen MR) is 196 cm³/mol. The van der Waals surface area contributed by atoms with E-state index in [1.54, 1.807) is 30.4 Å². The zero-order valence-corrected chi connectivity index (χ0v) is 28.2. The molecule has 1 aliphatic carbocycles. The van der Waals surface area contributed by atoms with Crippen LogP contribution in [0.3, 0.4) is 0 Å². The van der Waals surface area contributed by atoms with E-state index in [-0.39, 0.29) is 11.5 Å². The standard InChI is InChI=1S/C38H47FN4.C2H6/c1-10-17-35(32-20-16-21-33(39)23-32)26(6)27(7)42-29(9)38(41)36(37(40)13-4)22-25(5)30(11-2)24-34(12-3)43-28(8)31-18-14-15-19-31;1-2/h10-13,16-17,20-24,31,41-43H,1,3,5,8-9,14-15,18-19,40H2,2,4,6-7H3;1-2H3/b27-26+,30-11+,34-24+,35-17+,36-22+,37-13+,41-38?;. The molecule has 1 fully saturated rings. The van der Waals surface area contributed by atoms with E-state index in [2.05, 4.69) is 43.5 Å². The van der Waals surface area contributed by atoms with Crippen LogP contribution in [-0.2, 0) is 0 Å². The van der Waals surface area contributed by atoms with Gasteiger partial charge in [0.25, 0.3) is 0 Å². The highest BCUT2D eigenvalue weighted by atomic mass is 19.1. The van der Waals surface area contributed by atoms with Gasteiger partial charge in [0.2, 0.25) is 0 Å². The smallest absolute Gasteiger partial charge is 0.123 e. The van der Waals surface area contributed by atoms with Gasteiger partial charge >= 0.3 is 0 Å². The zero-order chi connectivity index (χ0) is 34.1. The fraction of sp³-hybridized carbons (Fsp3) is 0.275. The summed E-state index contributed by atoms with van der Waals surface area (Å²) in [6.07, 6.45) is 17.5. The molecule has 0 heterocycles. The van der Waals surface area contributed by atoms with Gasteiger partial charge in [0.15, 0.2) is 0 Å². The van der Waals surface area contributed by atoms with E-state index in [1.165, 1.54) is 25.0 Å². The van der Waals surface area contributed by atoms with Gasteiger partial charge in [-0.2, -0.15) is 0 Å². The van der Waals surface area contributed by atoms with Crippen LogP contribution in [0.1, 0.15) is 72.8 Å². The van der Waals surface area contributed by atoms with Crippen LogP contribution in [-0.4, -0.2) is 5.71 Å². The van der Waals surface area contributed by atoms with E-state index in [4.69, 9.17) is 11.1 Å². The summed E-state index contributed by atoms with van der Waals surface area (Å²) in [5.74, 6) is 0.151. The largest absolute Gasteiger partial charge is 0.398 e. The lowest BCUT2D eigenvalue weighted by molar-refractivity contribution is 0.607. The van der Waals surface area contributed by atoms with Gasteiger partial charge in [-0.1, -0.05) is 96.0 Å². The number of nitrogens with two attached hydrogens (primary N) is 1. The van der Waals surface area contributed by atoms with Crippen molar-refractivity contribution in [2.24, 2.45) is 11.7 Å². The average molecular weight is 609 g/mol. The second-order valence-corrected chi connectivity index (χ2v) is 10.6. The van der Waals surface area contributed by atoms with Crippen LogP contribution < -0.4 is 16.4 Å². The summed E-state index contributed by atoms with van der Waals surface area (Å²) in [5, 5.41) is 15.7. The molecule has 1 saturated carbocycles. The third-order valence-corrected chi connectivity index (χ3v) is 7.60. The van der Waals surface area contributed by atoms with Gasteiger partial charge in [-0.3, -0.25) is 5.41 Å². The molecule has 1 aliphatic rings. The first-order chi connectivity index (χ1) is 21.5. The monoisotopic (exact) mass is 608 g/mol. The van der Waals surface area contributed by atoms with Crippen molar-refractivity contribution in [1.82, 2.24) is 10.6 Å². The molecule has 1 aromatic rings. The third-order valence-electron chi connectivity index (χ3n) is 7.60. The fourth-order valence-corrected chi connectivity index (χ4v) is 4.91. The first kappa shape index (κ1) is 38.4. The van der Waals surface area contributed by atoms with Gasteiger partial charge < -0.3 is 16.4 Å². The summed E-state index contributed by atoms with van der Waals surface area (Å²) in [6.45, 7) is 32.0. The van der Waals surface area contributed by atoms with Crippen LogP contribution in [0.5, 0.6) is 0 Å².